The molecule has 0 aliphatic heterocycles. The van der Waals surface area contributed by atoms with Crippen LogP contribution in [0.1, 0.15) is 27.8 Å². The summed E-state index contributed by atoms with van der Waals surface area (Å²) in [4.78, 5) is 16.4. The minimum Gasteiger partial charge on any atom is -0.388 e. The highest BCUT2D eigenvalue weighted by Crippen LogP contribution is 2.18. The van der Waals surface area contributed by atoms with Crippen molar-refractivity contribution in [3.05, 3.63) is 47.0 Å². The molecule has 6 heteroatoms. The van der Waals surface area contributed by atoms with Crippen LogP contribution < -0.4 is 10.6 Å². The van der Waals surface area contributed by atoms with E-state index in [9.17, 15) is 9.90 Å². The van der Waals surface area contributed by atoms with E-state index in [2.05, 4.69) is 15.6 Å². The number of thiazole rings is 1. The lowest BCUT2D eigenvalue weighted by Crippen LogP contribution is -2.24. The Hall–Kier alpha value is -1.92. The second-order valence-corrected chi connectivity index (χ2v) is 5.28. The Bertz CT molecular complexity index is 557. The molecule has 0 radical (unpaired) electrons. The lowest BCUT2D eigenvalue weighted by atomic mass is 10.1. The third-order valence-electron chi connectivity index (χ3n) is 2.83. The maximum atomic E-state index is 11.8. The van der Waals surface area contributed by atoms with Crippen LogP contribution in [0, 0.1) is 0 Å². The molecule has 1 aromatic heterocycles. The number of benzene rings is 1. The molecule has 5 nitrogen and oxygen atoms in total. The molecular formula is C14H17N3O2S. The molecule has 0 aliphatic carbocycles. The van der Waals surface area contributed by atoms with Crippen LogP contribution in [0.3, 0.4) is 0 Å². The quantitative estimate of drug-likeness (QED) is 0.761. The number of aliphatic hydroxyl groups excluding tert-OH is 1. The Labute approximate surface area is 121 Å². The van der Waals surface area contributed by atoms with Crippen LogP contribution in [-0.4, -0.2) is 29.6 Å². The first kappa shape index (κ1) is 14.5. The number of aromatic nitrogens is 1. The lowest BCUT2D eigenvalue weighted by molar-refractivity contribution is 0.0946. The smallest absolute Gasteiger partial charge is 0.263 e. The van der Waals surface area contributed by atoms with Gasteiger partial charge in [-0.05, 0) is 12.0 Å². The summed E-state index contributed by atoms with van der Waals surface area (Å²) < 4.78 is 0. The molecule has 2 aromatic rings. The van der Waals surface area contributed by atoms with Gasteiger partial charge in [-0.15, -0.1) is 0 Å². The van der Waals surface area contributed by atoms with Crippen LogP contribution in [0.25, 0.3) is 0 Å². The zero-order chi connectivity index (χ0) is 14.4. The zero-order valence-corrected chi connectivity index (χ0v) is 12.0. The van der Waals surface area contributed by atoms with Crippen LogP contribution in [0.15, 0.2) is 36.5 Å². The molecule has 1 aromatic carbocycles. The van der Waals surface area contributed by atoms with Crippen molar-refractivity contribution in [1.82, 2.24) is 10.3 Å². The van der Waals surface area contributed by atoms with E-state index in [1.165, 1.54) is 11.3 Å². The van der Waals surface area contributed by atoms with Crippen LogP contribution in [0.5, 0.6) is 0 Å². The summed E-state index contributed by atoms with van der Waals surface area (Å²) in [5.41, 5.74) is 0.858. The van der Waals surface area contributed by atoms with Gasteiger partial charge in [-0.3, -0.25) is 4.79 Å². The highest BCUT2D eigenvalue weighted by atomic mass is 32.1. The normalized spacial score (nSPS) is 11.9. The average Bonchev–Trinajstić information content (AvgIpc) is 2.97. The highest BCUT2D eigenvalue weighted by molar-refractivity contribution is 7.17. The van der Waals surface area contributed by atoms with E-state index in [1.807, 2.05) is 30.3 Å². The van der Waals surface area contributed by atoms with Crippen molar-refractivity contribution >= 4 is 22.4 Å². The number of carbonyl (C=O) groups is 1. The third kappa shape index (κ3) is 3.79. The number of nitrogens with zero attached hydrogens (tertiary/aromatic N) is 1. The zero-order valence-electron chi connectivity index (χ0n) is 11.2. The summed E-state index contributed by atoms with van der Waals surface area (Å²) in [5.74, 6) is -0.163. The van der Waals surface area contributed by atoms with Crippen molar-refractivity contribution < 1.29 is 9.90 Å². The van der Waals surface area contributed by atoms with Gasteiger partial charge >= 0.3 is 0 Å². The van der Waals surface area contributed by atoms with Gasteiger partial charge in [-0.25, -0.2) is 4.98 Å². The molecule has 3 N–H and O–H groups in total. The number of amides is 1. The highest BCUT2D eigenvalue weighted by Gasteiger charge is 2.11. The van der Waals surface area contributed by atoms with E-state index in [0.717, 1.165) is 5.56 Å². The molecule has 1 unspecified atom stereocenters. The molecule has 1 amide bonds. The predicted octanol–water partition coefficient (Wildman–Crippen LogP) is 2.04. The van der Waals surface area contributed by atoms with Crippen molar-refractivity contribution in [3.63, 3.8) is 0 Å². The molecule has 2 rings (SSSR count). The first-order valence-corrected chi connectivity index (χ1v) is 7.17. The molecule has 0 saturated carbocycles. The largest absolute Gasteiger partial charge is 0.388 e. The van der Waals surface area contributed by atoms with E-state index >= 15 is 0 Å². The van der Waals surface area contributed by atoms with Crippen LogP contribution in [0.2, 0.25) is 0 Å². The molecule has 0 fully saturated rings. The Morgan fingerprint density at radius 1 is 1.40 bits per heavy atom. The number of anilines is 1. The average molecular weight is 291 g/mol. The van der Waals surface area contributed by atoms with Crippen LogP contribution in [-0.2, 0) is 0 Å². The molecular weight excluding hydrogens is 274 g/mol. The van der Waals surface area contributed by atoms with Gasteiger partial charge in [0, 0.05) is 13.6 Å². The number of rotatable bonds is 6. The summed E-state index contributed by atoms with van der Waals surface area (Å²) in [6.07, 6.45) is 1.46. The molecule has 0 bridgehead atoms. The van der Waals surface area contributed by atoms with Crippen LogP contribution in [0.4, 0.5) is 5.13 Å². The third-order valence-corrected chi connectivity index (χ3v) is 3.84. The number of aliphatic hydroxyl groups is 1. The maximum Gasteiger partial charge on any atom is 0.263 e. The number of hydrogen-bond donors (Lipinski definition) is 3. The van der Waals surface area contributed by atoms with Gasteiger partial charge in [0.2, 0.25) is 0 Å². The first-order valence-electron chi connectivity index (χ1n) is 6.35. The van der Waals surface area contributed by atoms with E-state index in [1.54, 1.807) is 13.2 Å². The molecule has 1 atom stereocenters. The summed E-state index contributed by atoms with van der Waals surface area (Å²) >= 11 is 1.30. The van der Waals surface area contributed by atoms with Gasteiger partial charge in [0.25, 0.3) is 5.91 Å². The number of nitrogens with one attached hydrogen (secondary N) is 2. The number of carbonyl (C=O) groups excluding carboxylic acids is 1. The summed E-state index contributed by atoms with van der Waals surface area (Å²) in [6, 6.07) is 9.41. The van der Waals surface area contributed by atoms with Gasteiger partial charge in [0.05, 0.1) is 12.3 Å². The SMILES string of the molecule is CNc1ncc(C(=O)NCCC(O)c2ccccc2)s1. The van der Waals surface area contributed by atoms with Crippen molar-refractivity contribution in [2.45, 2.75) is 12.5 Å². The molecule has 1 heterocycles. The fourth-order valence-electron chi connectivity index (χ4n) is 1.75. The minimum atomic E-state index is -0.564. The standard InChI is InChI=1S/C14H17N3O2S/c1-15-14-17-9-12(20-14)13(19)16-8-7-11(18)10-5-3-2-4-6-10/h2-6,9,11,18H,7-8H2,1H3,(H,15,17)(H,16,19). The van der Waals surface area contributed by atoms with E-state index in [-0.39, 0.29) is 5.91 Å². The first-order chi connectivity index (χ1) is 9.70. The second-order valence-electron chi connectivity index (χ2n) is 4.25. The van der Waals surface area contributed by atoms with Crippen molar-refractivity contribution in [2.24, 2.45) is 0 Å². The van der Waals surface area contributed by atoms with Crippen LogP contribution >= 0.6 is 11.3 Å². The van der Waals surface area contributed by atoms with Gasteiger partial charge in [0.15, 0.2) is 5.13 Å². The summed E-state index contributed by atoms with van der Waals surface area (Å²) in [6.45, 7) is 0.418. The van der Waals surface area contributed by atoms with Gasteiger partial charge in [-0.1, -0.05) is 41.7 Å². The summed E-state index contributed by atoms with van der Waals surface area (Å²) in [5, 5.41) is 16.3. The fourth-order valence-corrected chi connectivity index (χ4v) is 2.43. The van der Waals surface area contributed by atoms with Crippen molar-refractivity contribution in [3.8, 4) is 0 Å². The number of hydrogen-bond acceptors (Lipinski definition) is 5. The maximum absolute atomic E-state index is 11.8. The predicted molar refractivity (Wildman–Crippen MR) is 80.0 cm³/mol. The molecule has 106 valence electrons. The molecule has 20 heavy (non-hydrogen) atoms. The minimum absolute atomic E-state index is 0.163. The van der Waals surface area contributed by atoms with Gasteiger partial charge in [-0.2, -0.15) is 0 Å². The fraction of sp³-hybridized carbons (Fsp3) is 0.286. The van der Waals surface area contributed by atoms with Crippen molar-refractivity contribution in [1.29, 1.82) is 0 Å². The molecule has 0 saturated heterocycles. The summed E-state index contributed by atoms with van der Waals surface area (Å²) in [7, 11) is 1.76. The van der Waals surface area contributed by atoms with E-state index in [4.69, 9.17) is 0 Å². The van der Waals surface area contributed by atoms with Gasteiger partial charge < -0.3 is 15.7 Å². The van der Waals surface area contributed by atoms with E-state index < -0.39 is 6.10 Å². The Kier molecular flexibility index (Phi) is 5.09. The molecule has 0 aliphatic rings. The topological polar surface area (TPSA) is 74.2 Å². The van der Waals surface area contributed by atoms with E-state index in [0.29, 0.717) is 23.0 Å². The molecule has 0 spiro atoms. The Balaban J connectivity index is 1.79. The van der Waals surface area contributed by atoms with Crippen molar-refractivity contribution in [2.75, 3.05) is 18.9 Å². The monoisotopic (exact) mass is 291 g/mol. The Morgan fingerprint density at radius 3 is 2.80 bits per heavy atom. The second kappa shape index (κ2) is 7.02. The lowest BCUT2D eigenvalue weighted by Gasteiger charge is -2.11. The van der Waals surface area contributed by atoms with Gasteiger partial charge in [0.1, 0.15) is 4.88 Å². The Morgan fingerprint density at radius 2 is 2.15 bits per heavy atom.